The number of aryl methyl sites for hydroxylation is 1. The smallest absolute Gasteiger partial charge is 0.471 e. The molecular weight excluding hydrogens is 720 g/mol. The summed E-state index contributed by atoms with van der Waals surface area (Å²) in [6.45, 7) is 1.25. The van der Waals surface area contributed by atoms with E-state index in [-0.39, 0.29) is 34.7 Å². The van der Waals surface area contributed by atoms with Crippen molar-refractivity contribution in [2.45, 2.75) is 42.8 Å². The number of alkyl halides is 3. The number of oxime groups is 1. The topological polar surface area (TPSA) is 231 Å². The Morgan fingerprint density at radius 1 is 1.18 bits per heavy atom. The molecule has 2 atom stereocenters. The fourth-order valence-electron chi connectivity index (χ4n) is 4.35. The van der Waals surface area contributed by atoms with Crippen LogP contribution in [0.25, 0.3) is 0 Å². The number of fused-ring (bicyclic) bond motifs is 1. The van der Waals surface area contributed by atoms with Crippen LogP contribution in [-0.4, -0.2) is 105 Å². The Hall–Kier alpha value is -5.03. The zero-order valence-corrected chi connectivity index (χ0v) is 27.2. The number of carboxylic acids is 2. The number of halogens is 3. The molecule has 1 aromatic carbocycles. The first-order valence-corrected chi connectivity index (χ1v) is 16.6. The Bertz CT molecular complexity index is 1860. The third kappa shape index (κ3) is 8.17. The number of rotatable bonds is 13. The maximum atomic E-state index is 13.5. The summed E-state index contributed by atoms with van der Waals surface area (Å²) in [6, 6.07) is 5.90. The summed E-state index contributed by atoms with van der Waals surface area (Å²) in [6.07, 6.45) is -5.19. The van der Waals surface area contributed by atoms with Crippen molar-refractivity contribution in [3.05, 3.63) is 57.7 Å². The highest BCUT2D eigenvalue weighted by atomic mass is 32.2. The van der Waals surface area contributed by atoms with E-state index in [2.05, 4.69) is 31.0 Å². The number of anilines is 1. The van der Waals surface area contributed by atoms with Gasteiger partial charge in [0.25, 0.3) is 11.8 Å². The van der Waals surface area contributed by atoms with Gasteiger partial charge in [0.05, 0.1) is 0 Å². The predicted octanol–water partition coefficient (Wildman–Crippen LogP) is 1.48. The fourth-order valence-corrected chi connectivity index (χ4v) is 7.40. The number of β-lactam (4-membered cyclic amide) rings is 1. The van der Waals surface area contributed by atoms with E-state index in [9.17, 15) is 42.3 Å². The van der Waals surface area contributed by atoms with Gasteiger partial charge in [-0.05, 0) is 28.5 Å². The minimum Gasteiger partial charge on any atom is -0.480 e. The second-order valence-electron chi connectivity index (χ2n) is 10.1. The quantitative estimate of drug-likeness (QED) is 0.0842. The lowest BCUT2D eigenvalue weighted by atomic mass is 10.0. The van der Waals surface area contributed by atoms with Crippen LogP contribution in [0, 0.1) is 6.92 Å². The van der Waals surface area contributed by atoms with Crippen LogP contribution in [0.3, 0.4) is 0 Å². The molecule has 49 heavy (non-hydrogen) atoms. The molecule has 0 saturated carbocycles. The first kappa shape index (κ1) is 35.3. The molecule has 2 aliphatic heterocycles. The van der Waals surface area contributed by atoms with Crippen LogP contribution in [-0.2, 0) is 42.0 Å². The van der Waals surface area contributed by atoms with Gasteiger partial charge < -0.3 is 20.4 Å². The number of aromatic nitrogens is 5. The van der Waals surface area contributed by atoms with E-state index >= 15 is 0 Å². The molecule has 2 aliphatic rings. The minimum absolute atomic E-state index is 0.00825. The van der Waals surface area contributed by atoms with Gasteiger partial charge in [-0.3, -0.25) is 29.4 Å². The summed E-state index contributed by atoms with van der Waals surface area (Å²) >= 11 is 2.71. The van der Waals surface area contributed by atoms with E-state index in [1.54, 1.807) is 17.4 Å². The number of carbonyl (C=O) groups is 5. The largest absolute Gasteiger partial charge is 0.480 e. The molecule has 0 aliphatic carbocycles. The van der Waals surface area contributed by atoms with Gasteiger partial charge in [0, 0.05) is 16.9 Å². The van der Waals surface area contributed by atoms with Gasteiger partial charge >= 0.3 is 24.0 Å². The maximum absolute atomic E-state index is 13.5. The maximum Gasteiger partial charge on any atom is 0.471 e. The molecule has 3 aromatic rings. The van der Waals surface area contributed by atoms with Crippen molar-refractivity contribution in [1.29, 1.82) is 0 Å². The molecule has 5 rings (SSSR count). The second-order valence-corrected chi connectivity index (χ2v) is 13.0. The lowest BCUT2D eigenvalue weighted by Crippen LogP contribution is -2.71. The molecule has 4 heterocycles. The summed E-state index contributed by atoms with van der Waals surface area (Å²) in [4.78, 5) is 71.6. The van der Waals surface area contributed by atoms with Crippen molar-refractivity contribution in [3.63, 3.8) is 0 Å². The first-order valence-electron chi connectivity index (χ1n) is 13.6. The lowest BCUT2D eigenvalue weighted by Gasteiger charge is -2.49. The SMILES string of the molecule is Cc1ccc(CON=C(C(=O)NC2C(=O)N3C(C(=O)O)=C(CSc4nnnn4CC(=O)O)CS[C@@H]23)c2csc(NC(=O)C(F)(F)F)n2)cc1. The summed E-state index contributed by atoms with van der Waals surface area (Å²) in [5, 5.41) is 37.6. The zero-order valence-electron chi connectivity index (χ0n) is 24.7. The fraction of sp³-hybridized carbons (Fsp3) is 0.308. The Morgan fingerprint density at radius 2 is 1.92 bits per heavy atom. The molecule has 0 bridgehead atoms. The molecule has 0 spiro atoms. The van der Waals surface area contributed by atoms with Crippen LogP contribution in [0.5, 0.6) is 0 Å². The molecule has 17 nitrogen and oxygen atoms in total. The predicted molar refractivity (Wildman–Crippen MR) is 165 cm³/mol. The molecule has 258 valence electrons. The van der Waals surface area contributed by atoms with Gasteiger partial charge in [-0.25, -0.2) is 14.5 Å². The van der Waals surface area contributed by atoms with Crippen LogP contribution in [0.15, 0.2) is 51.2 Å². The molecule has 0 radical (unpaired) electrons. The number of benzene rings is 1. The van der Waals surface area contributed by atoms with E-state index in [0.29, 0.717) is 22.5 Å². The number of nitrogens with one attached hydrogen (secondary N) is 2. The van der Waals surface area contributed by atoms with E-state index in [4.69, 9.17) is 9.94 Å². The molecule has 1 unspecified atom stereocenters. The number of tetrazole rings is 1. The van der Waals surface area contributed by atoms with Crippen LogP contribution < -0.4 is 10.6 Å². The van der Waals surface area contributed by atoms with E-state index < -0.39 is 64.6 Å². The second kappa shape index (κ2) is 14.6. The van der Waals surface area contributed by atoms with Crippen molar-refractivity contribution in [2.75, 3.05) is 16.8 Å². The molecule has 23 heteroatoms. The monoisotopic (exact) mass is 741 g/mol. The number of hydrogen-bond donors (Lipinski definition) is 4. The van der Waals surface area contributed by atoms with Gasteiger partial charge in [0.2, 0.25) is 5.16 Å². The molecule has 1 saturated heterocycles. The zero-order chi connectivity index (χ0) is 35.5. The van der Waals surface area contributed by atoms with Crippen molar-refractivity contribution in [3.8, 4) is 0 Å². The highest BCUT2D eigenvalue weighted by Gasteiger charge is 2.54. The molecular formula is C26H22F3N9O8S3. The average molecular weight is 742 g/mol. The standard InChI is InChI=1S/C26H22F3N9O8S3/c1-11-2-4-12(5-3-11)7-46-34-16(14-10-48-24(30-14)32-23(45)26(27,28)29)19(41)31-17-20(42)38-18(22(43)44)13(8-47-21(17)38)9-49-25-33-35-36-37(25)6-15(39)40/h2-5,10,17,21H,6-9H2,1H3,(H,31,41)(H,39,40)(H,43,44)(H,30,32,45)/t17?,21-/m0/s1. The normalized spacial score (nSPS) is 17.7. The number of amides is 3. The van der Waals surface area contributed by atoms with Crippen LogP contribution in [0.1, 0.15) is 16.8 Å². The number of hydrogen-bond acceptors (Lipinski definition) is 14. The van der Waals surface area contributed by atoms with Crippen LogP contribution in [0.4, 0.5) is 18.3 Å². The summed E-state index contributed by atoms with van der Waals surface area (Å²) in [5.74, 6) is -6.53. The highest BCUT2D eigenvalue weighted by molar-refractivity contribution is 8.01. The minimum atomic E-state index is -5.19. The van der Waals surface area contributed by atoms with Gasteiger partial charge in [0.15, 0.2) is 10.8 Å². The molecule has 1 fully saturated rings. The Balaban J connectivity index is 1.32. The van der Waals surface area contributed by atoms with Crippen molar-refractivity contribution in [2.24, 2.45) is 5.16 Å². The Kier molecular flexibility index (Phi) is 10.5. The van der Waals surface area contributed by atoms with Gasteiger partial charge in [-0.2, -0.15) is 13.2 Å². The summed E-state index contributed by atoms with van der Waals surface area (Å²) < 4.78 is 39.3. The number of carbonyl (C=O) groups excluding carboxylic acids is 3. The van der Waals surface area contributed by atoms with Gasteiger partial charge in [-0.1, -0.05) is 46.7 Å². The van der Waals surface area contributed by atoms with Crippen LogP contribution >= 0.6 is 34.9 Å². The number of aliphatic carboxylic acids is 2. The van der Waals surface area contributed by atoms with Crippen molar-refractivity contribution < 1.29 is 52.2 Å². The molecule has 3 amide bonds. The first-order chi connectivity index (χ1) is 23.2. The average Bonchev–Trinajstić information content (AvgIpc) is 3.69. The number of thiazole rings is 1. The lowest BCUT2D eigenvalue weighted by molar-refractivity contribution is -0.167. The summed E-state index contributed by atoms with van der Waals surface area (Å²) in [5.41, 5.74) is 0.877. The number of thioether (sulfide) groups is 2. The number of nitrogens with zero attached hydrogens (tertiary/aromatic N) is 7. The molecule has 2 aromatic heterocycles. The Morgan fingerprint density at radius 3 is 2.59 bits per heavy atom. The van der Waals surface area contributed by atoms with Crippen molar-refractivity contribution in [1.82, 2.24) is 35.4 Å². The Labute approximate surface area is 284 Å². The third-order valence-electron chi connectivity index (χ3n) is 6.64. The van der Waals surface area contributed by atoms with Crippen molar-refractivity contribution >= 4 is 75.4 Å². The highest BCUT2D eigenvalue weighted by Crippen LogP contribution is 2.41. The summed E-state index contributed by atoms with van der Waals surface area (Å²) in [7, 11) is 0. The van der Waals surface area contributed by atoms with Gasteiger partial charge in [0.1, 0.15) is 36.0 Å². The van der Waals surface area contributed by atoms with E-state index in [1.165, 1.54) is 0 Å². The third-order valence-corrected chi connectivity index (χ3v) is 9.78. The van der Waals surface area contributed by atoms with E-state index in [1.807, 2.05) is 19.1 Å². The van der Waals surface area contributed by atoms with Gasteiger partial charge in [-0.15, -0.1) is 28.2 Å². The van der Waals surface area contributed by atoms with Crippen LogP contribution in [0.2, 0.25) is 0 Å². The number of carboxylic acid groups (broad SMARTS) is 2. The molecule has 4 N–H and O–H groups in total. The van der Waals surface area contributed by atoms with E-state index in [0.717, 1.165) is 44.0 Å².